The van der Waals surface area contributed by atoms with Crippen molar-refractivity contribution in [2.24, 2.45) is 28.9 Å². The molecule has 5 aliphatic rings. The van der Waals surface area contributed by atoms with Gasteiger partial charge in [0.15, 0.2) is 0 Å². The Kier molecular flexibility index (Phi) is 5.81. The van der Waals surface area contributed by atoms with Crippen LogP contribution in [0.5, 0.6) is 0 Å². The SMILES string of the molecule is CC(C)(C)c1ccc(CN2CCO[C@@H](C(=O)NC3C4CC5CC3CC(C(N)=O)(C5)C4)C2)cc1. The van der Waals surface area contributed by atoms with Crippen molar-refractivity contribution in [3.05, 3.63) is 35.4 Å². The monoisotopic (exact) mass is 453 g/mol. The van der Waals surface area contributed by atoms with Crippen molar-refractivity contribution in [2.75, 3.05) is 19.7 Å². The Hall–Kier alpha value is -1.92. The Balaban J connectivity index is 1.18. The van der Waals surface area contributed by atoms with Crippen LogP contribution in [-0.4, -0.2) is 48.6 Å². The van der Waals surface area contributed by atoms with Crippen LogP contribution in [0.3, 0.4) is 0 Å². The summed E-state index contributed by atoms with van der Waals surface area (Å²) in [7, 11) is 0. The molecule has 4 bridgehead atoms. The highest BCUT2D eigenvalue weighted by Crippen LogP contribution is 2.59. The van der Waals surface area contributed by atoms with Crippen LogP contribution in [0.1, 0.15) is 64.0 Å². The van der Waals surface area contributed by atoms with Gasteiger partial charge in [-0.2, -0.15) is 0 Å². The smallest absolute Gasteiger partial charge is 0.250 e. The van der Waals surface area contributed by atoms with Gasteiger partial charge in [0.1, 0.15) is 6.10 Å². The first-order valence-corrected chi connectivity index (χ1v) is 12.7. The van der Waals surface area contributed by atoms with Gasteiger partial charge in [-0.1, -0.05) is 45.0 Å². The normalized spacial score (nSPS) is 36.0. The number of rotatable bonds is 5. The van der Waals surface area contributed by atoms with Gasteiger partial charge in [0, 0.05) is 31.1 Å². The molecular weight excluding hydrogens is 414 g/mol. The van der Waals surface area contributed by atoms with Crippen LogP contribution >= 0.6 is 0 Å². The lowest BCUT2D eigenvalue weighted by Gasteiger charge is -2.59. The molecule has 2 unspecified atom stereocenters. The van der Waals surface area contributed by atoms with Crippen LogP contribution in [-0.2, 0) is 26.3 Å². The van der Waals surface area contributed by atoms with Gasteiger partial charge in [0.25, 0.3) is 5.91 Å². The second kappa shape index (κ2) is 8.38. The molecule has 0 aromatic heterocycles. The van der Waals surface area contributed by atoms with E-state index in [0.29, 0.717) is 30.9 Å². The van der Waals surface area contributed by atoms with Crippen molar-refractivity contribution in [2.45, 2.75) is 77.0 Å². The molecule has 33 heavy (non-hydrogen) atoms. The summed E-state index contributed by atoms with van der Waals surface area (Å²) in [5.41, 5.74) is 8.24. The molecule has 3 atom stereocenters. The molecule has 5 fully saturated rings. The van der Waals surface area contributed by atoms with Gasteiger partial charge < -0.3 is 15.8 Å². The van der Waals surface area contributed by atoms with Crippen molar-refractivity contribution in [3.63, 3.8) is 0 Å². The number of morpholine rings is 1. The van der Waals surface area contributed by atoms with E-state index in [0.717, 1.165) is 45.2 Å². The molecule has 1 aromatic carbocycles. The maximum absolute atomic E-state index is 13.2. The molecule has 4 aliphatic carbocycles. The fraction of sp³-hybridized carbons (Fsp3) is 0.704. The van der Waals surface area contributed by atoms with Crippen LogP contribution in [0.15, 0.2) is 24.3 Å². The maximum atomic E-state index is 13.2. The van der Waals surface area contributed by atoms with Crippen LogP contribution in [0, 0.1) is 23.2 Å². The fourth-order valence-electron chi connectivity index (χ4n) is 7.19. The van der Waals surface area contributed by atoms with E-state index >= 15 is 0 Å². The van der Waals surface area contributed by atoms with E-state index in [-0.39, 0.29) is 28.7 Å². The van der Waals surface area contributed by atoms with E-state index in [1.54, 1.807) is 0 Å². The zero-order chi connectivity index (χ0) is 23.4. The van der Waals surface area contributed by atoms with Crippen LogP contribution < -0.4 is 11.1 Å². The average Bonchev–Trinajstić information content (AvgIpc) is 2.75. The first-order chi connectivity index (χ1) is 15.6. The molecule has 0 spiro atoms. The molecule has 1 aliphatic heterocycles. The topological polar surface area (TPSA) is 84.7 Å². The molecule has 2 amide bonds. The second-order valence-corrected chi connectivity index (χ2v) is 12.2. The Morgan fingerprint density at radius 2 is 1.79 bits per heavy atom. The van der Waals surface area contributed by atoms with Crippen LogP contribution in [0.2, 0.25) is 0 Å². The van der Waals surface area contributed by atoms with Gasteiger partial charge >= 0.3 is 0 Å². The molecule has 6 heteroatoms. The maximum Gasteiger partial charge on any atom is 0.250 e. The number of carbonyl (C=O) groups excluding carboxylic acids is 2. The van der Waals surface area contributed by atoms with E-state index in [4.69, 9.17) is 10.5 Å². The van der Waals surface area contributed by atoms with Gasteiger partial charge in [0.05, 0.1) is 6.61 Å². The summed E-state index contributed by atoms with van der Waals surface area (Å²) in [6.45, 7) is 9.53. The number of hydrogen-bond donors (Lipinski definition) is 2. The highest BCUT2D eigenvalue weighted by molar-refractivity contribution is 5.83. The van der Waals surface area contributed by atoms with E-state index < -0.39 is 6.10 Å². The molecule has 180 valence electrons. The zero-order valence-electron chi connectivity index (χ0n) is 20.3. The molecular formula is C27H39N3O3. The Labute approximate surface area is 197 Å². The number of carbonyl (C=O) groups is 2. The fourth-order valence-corrected chi connectivity index (χ4v) is 7.19. The van der Waals surface area contributed by atoms with Crippen LogP contribution in [0.25, 0.3) is 0 Å². The van der Waals surface area contributed by atoms with Crippen molar-refractivity contribution < 1.29 is 14.3 Å². The third kappa shape index (κ3) is 4.44. The minimum atomic E-state index is -0.435. The number of nitrogens with zero attached hydrogens (tertiary/aromatic N) is 1. The van der Waals surface area contributed by atoms with E-state index in [1.807, 2.05) is 0 Å². The predicted molar refractivity (Wildman–Crippen MR) is 127 cm³/mol. The van der Waals surface area contributed by atoms with Crippen molar-refractivity contribution in [1.82, 2.24) is 10.2 Å². The minimum Gasteiger partial charge on any atom is -0.369 e. The summed E-state index contributed by atoms with van der Waals surface area (Å²) in [5, 5.41) is 3.35. The molecule has 1 saturated heterocycles. The van der Waals surface area contributed by atoms with Crippen molar-refractivity contribution >= 4 is 11.8 Å². The van der Waals surface area contributed by atoms with Crippen molar-refractivity contribution in [1.29, 1.82) is 0 Å². The second-order valence-electron chi connectivity index (χ2n) is 12.2. The van der Waals surface area contributed by atoms with Crippen molar-refractivity contribution in [3.8, 4) is 0 Å². The summed E-state index contributed by atoms with van der Waals surface area (Å²) in [6, 6.07) is 8.99. The number of nitrogens with two attached hydrogens (primary N) is 1. The summed E-state index contributed by atoms with van der Waals surface area (Å²) in [4.78, 5) is 27.7. The third-order valence-corrected chi connectivity index (χ3v) is 8.77. The summed E-state index contributed by atoms with van der Waals surface area (Å²) in [6.07, 6.45) is 4.41. The molecule has 1 heterocycles. The number of hydrogen-bond acceptors (Lipinski definition) is 4. The molecule has 6 rings (SSSR count). The molecule has 4 saturated carbocycles. The number of primary amides is 1. The van der Waals surface area contributed by atoms with Gasteiger partial charge in [-0.15, -0.1) is 0 Å². The lowest BCUT2D eigenvalue weighted by molar-refractivity contribution is -0.151. The summed E-state index contributed by atoms with van der Waals surface area (Å²) >= 11 is 0. The highest BCUT2D eigenvalue weighted by Gasteiger charge is 2.58. The first kappa shape index (κ1) is 22.9. The molecule has 1 aromatic rings. The number of ether oxygens (including phenoxy) is 1. The average molecular weight is 454 g/mol. The lowest BCUT2D eigenvalue weighted by atomic mass is 9.47. The van der Waals surface area contributed by atoms with Gasteiger partial charge in [-0.05, 0) is 66.4 Å². The van der Waals surface area contributed by atoms with Gasteiger partial charge in [-0.25, -0.2) is 0 Å². The Morgan fingerprint density at radius 1 is 1.12 bits per heavy atom. The molecule has 0 radical (unpaired) electrons. The van der Waals surface area contributed by atoms with E-state index in [9.17, 15) is 9.59 Å². The number of amides is 2. The summed E-state index contributed by atoms with van der Waals surface area (Å²) in [5.74, 6) is 1.21. The molecule has 3 N–H and O–H groups in total. The first-order valence-electron chi connectivity index (χ1n) is 12.7. The highest BCUT2D eigenvalue weighted by atomic mass is 16.5. The zero-order valence-corrected chi connectivity index (χ0v) is 20.3. The minimum absolute atomic E-state index is 0.00776. The quantitative estimate of drug-likeness (QED) is 0.718. The van der Waals surface area contributed by atoms with Gasteiger partial charge in [-0.3, -0.25) is 14.5 Å². The summed E-state index contributed by atoms with van der Waals surface area (Å²) < 4.78 is 5.90. The van der Waals surface area contributed by atoms with E-state index in [1.165, 1.54) is 11.1 Å². The van der Waals surface area contributed by atoms with Gasteiger partial charge in [0.2, 0.25) is 5.91 Å². The third-order valence-electron chi connectivity index (χ3n) is 8.77. The number of nitrogens with one attached hydrogen (secondary N) is 1. The molecule has 6 nitrogen and oxygen atoms in total. The number of benzene rings is 1. The largest absolute Gasteiger partial charge is 0.369 e. The van der Waals surface area contributed by atoms with E-state index in [2.05, 4.69) is 55.3 Å². The Bertz CT molecular complexity index is 890. The predicted octanol–water partition coefficient (Wildman–Crippen LogP) is 2.98. The standard InChI is InChI=1S/C27H39N3O3/c1-26(2,3)21-6-4-17(5-7-21)15-30-8-9-33-22(16-30)24(31)29-23-19-10-18-11-20(23)14-27(12-18,13-19)25(28)32/h4-7,18-20,22-23H,8-16H2,1-3H3,(H2,28,32)(H,29,31)/t18?,19?,20?,22-,23?,27?/m1/s1. The lowest BCUT2D eigenvalue weighted by Crippen LogP contribution is -2.63. The van der Waals surface area contributed by atoms with Crippen LogP contribution in [0.4, 0.5) is 0 Å². The Morgan fingerprint density at radius 3 is 2.39 bits per heavy atom.